The number of rotatable bonds is 5. The Bertz CT molecular complexity index is 762. The predicted molar refractivity (Wildman–Crippen MR) is 102 cm³/mol. The Kier molecular flexibility index (Phi) is 8.57. The molecule has 1 heterocycles. The SMILES string of the molecule is COC1=CN(C)CC(/C=C/CC(C)O)=C1.Cc1ccc(S(=O)(=O)O)cc1. The molecule has 0 fully saturated rings. The van der Waals surface area contributed by atoms with Crippen LogP contribution in [0.4, 0.5) is 0 Å². The molecule has 1 aliphatic rings. The molecule has 1 aliphatic heterocycles. The number of aliphatic hydroxyl groups is 1. The van der Waals surface area contributed by atoms with Crippen LogP contribution in [0.3, 0.4) is 0 Å². The summed E-state index contributed by atoms with van der Waals surface area (Å²) in [5.74, 6) is 0.862. The standard InChI is InChI=1S/C12H19NO2.C7H8O3S/c1-10(14)5-4-6-11-7-12(15-3)9-13(2)8-11;1-6-2-4-7(5-3-6)11(8,9)10/h4,6-7,9-10,14H,5,8H2,1-3H3;2-5H,1H3,(H,8,9,10)/b6-4+;. The zero-order chi connectivity index (χ0) is 19.7. The van der Waals surface area contributed by atoms with Crippen molar-refractivity contribution in [2.45, 2.75) is 31.3 Å². The third-order valence-electron chi connectivity index (χ3n) is 3.47. The first-order valence-corrected chi connectivity index (χ1v) is 9.61. The van der Waals surface area contributed by atoms with Crippen molar-refractivity contribution in [3.05, 3.63) is 65.6 Å². The summed E-state index contributed by atoms with van der Waals surface area (Å²) in [7, 11) is -0.346. The van der Waals surface area contributed by atoms with Crippen LogP contribution in [0.15, 0.2) is 64.9 Å². The zero-order valence-electron chi connectivity index (χ0n) is 15.6. The van der Waals surface area contributed by atoms with Crippen LogP contribution in [0.1, 0.15) is 18.9 Å². The molecule has 0 radical (unpaired) electrons. The van der Waals surface area contributed by atoms with Gasteiger partial charge in [-0.1, -0.05) is 29.8 Å². The van der Waals surface area contributed by atoms with Crippen molar-refractivity contribution >= 4 is 10.1 Å². The maximum absolute atomic E-state index is 10.5. The molecule has 0 saturated heterocycles. The summed E-state index contributed by atoms with van der Waals surface area (Å²) < 4.78 is 34.7. The number of aliphatic hydroxyl groups excluding tert-OH is 1. The molecule has 144 valence electrons. The molecule has 2 N–H and O–H groups in total. The molecule has 0 bridgehead atoms. The van der Waals surface area contributed by atoms with Gasteiger partial charge in [0.05, 0.1) is 18.1 Å². The van der Waals surface area contributed by atoms with Gasteiger partial charge in [0, 0.05) is 19.8 Å². The van der Waals surface area contributed by atoms with Gasteiger partial charge in [-0.25, -0.2) is 0 Å². The normalized spacial score (nSPS) is 15.7. The highest BCUT2D eigenvalue weighted by Crippen LogP contribution is 2.14. The van der Waals surface area contributed by atoms with E-state index in [0.29, 0.717) is 6.42 Å². The summed E-state index contributed by atoms with van der Waals surface area (Å²) in [5, 5.41) is 9.11. The van der Waals surface area contributed by atoms with E-state index in [1.165, 1.54) is 17.7 Å². The van der Waals surface area contributed by atoms with E-state index in [2.05, 4.69) is 4.90 Å². The summed E-state index contributed by atoms with van der Waals surface area (Å²) in [5.41, 5.74) is 2.15. The number of ether oxygens (including phenoxy) is 1. The van der Waals surface area contributed by atoms with E-state index in [0.717, 1.165) is 17.9 Å². The molecular weight excluding hydrogens is 354 g/mol. The maximum atomic E-state index is 10.5. The predicted octanol–water partition coefficient (Wildman–Crippen LogP) is 2.91. The molecule has 7 heteroatoms. The van der Waals surface area contributed by atoms with Gasteiger partial charge in [-0.05, 0) is 44.1 Å². The molecule has 0 spiro atoms. The molecule has 0 amide bonds. The fourth-order valence-electron chi connectivity index (χ4n) is 2.16. The molecule has 6 nitrogen and oxygen atoms in total. The Hall–Kier alpha value is -2.09. The van der Waals surface area contributed by atoms with Crippen molar-refractivity contribution in [3.63, 3.8) is 0 Å². The quantitative estimate of drug-likeness (QED) is 0.763. The van der Waals surface area contributed by atoms with Crippen LogP contribution in [0.2, 0.25) is 0 Å². The van der Waals surface area contributed by atoms with E-state index in [1.807, 2.05) is 38.4 Å². The third-order valence-corrected chi connectivity index (χ3v) is 4.34. The Morgan fingerprint density at radius 1 is 1.31 bits per heavy atom. The lowest BCUT2D eigenvalue weighted by Crippen LogP contribution is -2.18. The van der Waals surface area contributed by atoms with Crippen LogP contribution in [0.25, 0.3) is 0 Å². The molecule has 2 rings (SSSR count). The van der Waals surface area contributed by atoms with Gasteiger partial charge >= 0.3 is 0 Å². The van der Waals surface area contributed by atoms with Gasteiger partial charge in [-0.3, -0.25) is 4.55 Å². The fourth-order valence-corrected chi connectivity index (χ4v) is 2.64. The average molecular weight is 381 g/mol. The molecule has 1 aromatic rings. The van der Waals surface area contributed by atoms with Crippen molar-refractivity contribution in [2.24, 2.45) is 0 Å². The smallest absolute Gasteiger partial charge is 0.294 e. The van der Waals surface area contributed by atoms with Crippen molar-refractivity contribution < 1.29 is 22.8 Å². The maximum Gasteiger partial charge on any atom is 0.294 e. The number of allylic oxidation sites excluding steroid dienone is 1. The summed E-state index contributed by atoms with van der Waals surface area (Å²) in [6.45, 7) is 4.50. The highest BCUT2D eigenvalue weighted by Gasteiger charge is 2.07. The highest BCUT2D eigenvalue weighted by atomic mass is 32.2. The second-order valence-electron chi connectivity index (χ2n) is 6.15. The Morgan fingerprint density at radius 2 is 1.92 bits per heavy atom. The summed E-state index contributed by atoms with van der Waals surface area (Å²) in [6.07, 6.45) is 8.41. The second kappa shape index (κ2) is 10.2. The van der Waals surface area contributed by atoms with E-state index in [9.17, 15) is 8.42 Å². The fraction of sp³-hybridized carbons (Fsp3) is 0.368. The Morgan fingerprint density at radius 3 is 2.42 bits per heavy atom. The molecule has 0 saturated carbocycles. The van der Waals surface area contributed by atoms with Crippen LogP contribution in [-0.2, 0) is 14.9 Å². The van der Waals surface area contributed by atoms with Crippen LogP contribution in [0.5, 0.6) is 0 Å². The molecule has 26 heavy (non-hydrogen) atoms. The topological polar surface area (TPSA) is 87.1 Å². The van der Waals surface area contributed by atoms with Crippen LogP contribution in [-0.4, -0.2) is 49.8 Å². The van der Waals surface area contributed by atoms with E-state index in [1.54, 1.807) is 26.2 Å². The van der Waals surface area contributed by atoms with Gasteiger partial charge in [0.2, 0.25) is 0 Å². The number of nitrogens with zero attached hydrogens (tertiary/aromatic N) is 1. The zero-order valence-corrected chi connectivity index (χ0v) is 16.4. The van der Waals surface area contributed by atoms with Crippen molar-refractivity contribution in [1.29, 1.82) is 0 Å². The summed E-state index contributed by atoms with van der Waals surface area (Å²) in [6, 6.07) is 5.99. The number of hydrogen-bond acceptors (Lipinski definition) is 5. The van der Waals surface area contributed by atoms with E-state index in [4.69, 9.17) is 14.4 Å². The van der Waals surface area contributed by atoms with Gasteiger partial charge in [-0.15, -0.1) is 0 Å². The van der Waals surface area contributed by atoms with Gasteiger partial charge in [0.15, 0.2) is 0 Å². The number of benzene rings is 1. The molecule has 0 aromatic heterocycles. The van der Waals surface area contributed by atoms with Crippen LogP contribution >= 0.6 is 0 Å². The van der Waals surface area contributed by atoms with E-state index < -0.39 is 10.1 Å². The monoisotopic (exact) mass is 381 g/mol. The minimum Gasteiger partial charge on any atom is -0.495 e. The van der Waals surface area contributed by atoms with E-state index >= 15 is 0 Å². The first-order valence-electron chi connectivity index (χ1n) is 8.17. The molecule has 1 unspecified atom stereocenters. The van der Waals surface area contributed by atoms with Crippen molar-refractivity contribution in [2.75, 3.05) is 20.7 Å². The molecule has 1 aromatic carbocycles. The third kappa shape index (κ3) is 8.33. The second-order valence-corrected chi connectivity index (χ2v) is 7.57. The molecular formula is C19H27NO5S. The summed E-state index contributed by atoms with van der Waals surface area (Å²) >= 11 is 0. The van der Waals surface area contributed by atoms with Gasteiger partial charge < -0.3 is 14.7 Å². The lowest BCUT2D eigenvalue weighted by Gasteiger charge is -2.20. The molecule has 1 atom stereocenters. The lowest BCUT2D eigenvalue weighted by molar-refractivity contribution is 0.198. The van der Waals surface area contributed by atoms with Crippen LogP contribution < -0.4 is 0 Å². The Balaban J connectivity index is 0.000000273. The number of aryl methyl sites for hydroxylation is 1. The number of methoxy groups -OCH3 is 1. The van der Waals surface area contributed by atoms with Crippen molar-refractivity contribution in [1.82, 2.24) is 4.90 Å². The minimum atomic E-state index is -4.02. The first-order chi connectivity index (χ1) is 12.1. The molecule has 0 aliphatic carbocycles. The van der Waals surface area contributed by atoms with Gasteiger partial charge in [0.25, 0.3) is 10.1 Å². The average Bonchev–Trinajstić information content (AvgIpc) is 2.54. The number of hydrogen-bond donors (Lipinski definition) is 2. The Labute approximate surface area is 155 Å². The summed E-state index contributed by atoms with van der Waals surface area (Å²) in [4.78, 5) is 2.00. The number of likely N-dealkylation sites (N-methyl/N-ethyl adjacent to an activating group) is 1. The van der Waals surface area contributed by atoms with E-state index in [-0.39, 0.29) is 11.0 Å². The minimum absolute atomic E-state index is 0.0666. The van der Waals surface area contributed by atoms with Gasteiger partial charge in [0.1, 0.15) is 5.76 Å². The first kappa shape index (κ1) is 22.0. The van der Waals surface area contributed by atoms with Crippen LogP contribution in [0, 0.1) is 6.92 Å². The largest absolute Gasteiger partial charge is 0.495 e. The highest BCUT2D eigenvalue weighted by molar-refractivity contribution is 7.85. The lowest BCUT2D eigenvalue weighted by atomic mass is 10.1. The van der Waals surface area contributed by atoms with Crippen molar-refractivity contribution in [3.8, 4) is 0 Å². The van der Waals surface area contributed by atoms with Gasteiger partial charge in [-0.2, -0.15) is 8.42 Å².